The summed E-state index contributed by atoms with van der Waals surface area (Å²) in [7, 11) is 0. The highest BCUT2D eigenvalue weighted by molar-refractivity contribution is 5.68. The molecular formula is C25H26F3N7O3. The fourth-order valence-corrected chi connectivity index (χ4v) is 3.44. The average Bonchev–Trinajstić information content (AvgIpc) is 3.26. The van der Waals surface area contributed by atoms with Crippen LogP contribution in [0.15, 0.2) is 48.9 Å². The Balaban J connectivity index is 1.43. The number of aromatic nitrogens is 5. The summed E-state index contributed by atoms with van der Waals surface area (Å²) in [5, 5.41) is 7.19. The predicted molar refractivity (Wildman–Crippen MR) is 133 cm³/mol. The highest BCUT2D eigenvalue weighted by atomic mass is 19.4. The largest absolute Gasteiger partial charge is 0.478 e. The van der Waals surface area contributed by atoms with Gasteiger partial charge in [0.15, 0.2) is 5.65 Å². The first kappa shape index (κ1) is 26.6. The lowest BCUT2D eigenvalue weighted by atomic mass is 10.1. The first-order valence-electron chi connectivity index (χ1n) is 11.6. The van der Waals surface area contributed by atoms with E-state index in [1.54, 1.807) is 51.2 Å². The van der Waals surface area contributed by atoms with Gasteiger partial charge in [0.25, 0.3) is 0 Å². The molecule has 3 N–H and O–H groups in total. The van der Waals surface area contributed by atoms with Gasteiger partial charge < -0.3 is 20.5 Å². The van der Waals surface area contributed by atoms with Gasteiger partial charge in [-0.1, -0.05) is 0 Å². The summed E-state index contributed by atoms with van der Waals surface area (Å²) >= 11 is 0. The molecule has 200 valence electrons. The van der Waals surface area contributed by atoms with E-state index in [0.29, 0.717) is 48.1 Å². The summed E-state index contributed by atoms with van der Waals surface area (Å²) in [6.07, 6.45) is -0.327. The van der Waals surface area contributed by atoms with Crippen LogP contribution in [-0.4, -0.2) is 49.4 Å². The molecule has 0 unspecified atom stereocenters. The molecule has 4 rings (SSSR count). The van der Waals surface area contributed by atoms with Crippen molar-refractivity contribution in [3.05, 3.63) is 54.5 Å². The van der Waals surface area contributed by atoms with Crippen molar-refractivity contribution in [2.45, 2.75) is 39.0 Å². The van der Waals surface area contributed by atoms with Crippen LogP contribution < -0.4 is 15.8 Å². The van der Waals surface area contributed by atoms with Crippen molar-refractivity contribution in [3.63, 3.8) is 0 Å². The highest BCUT2D eigenvalue weighted by Crippen LogP contribution is 2.35. The Morgan fingerprint density at radius 3 is 2.47 bits per heavy atom. The van der Waals surface area contributed by atoms with E-state index in [0.717, 1.165) is 6.07 Å². The van der Waals surface area contributed by atoms with Crippen LogP contribution in [0.2, 0.25) is 0 Å². The fraction of sp³-hybridized carbons (Fsp3) is 0.320. The van der Waals surface area contributed by atoms with Crippen molar-refractivity contribution < 1.29 is 27.4 Å². The molecule has 0 aromatic carbocycles. The number of alkyl carbamates (subject to hydrolysis) is 1. The molecule has 0 atom stereocenters. The molecule has 38 heavy (non-hydrogen) atoms. The van der Waals surface area contributed by atoms with E-state index in [1.165, 1.54) is 16.9 Å². The van der Waals surface area contributed by atoms with E-state index in [2.05, 4.69) is 25.4 Å². The number of halogens is 3. The summed E-state index contributed by atoms with van der Waals surface area (Å²) in [5.74, 6) is -0.209. The van der Waals surface area contributed by atoms with Gasteiger partial charge in [0.2, 0.25) is 5.88 Å². The third kappa shape index (κ3) is 6.47. The van der Waals surface area contributed by atoms with E-state index in [-0.39, 0.29) is 5.56 Å². The van der Waals surface area contributed by atoms with Crippen LogP contribution >= 0.6 is 0 Å². The van der Waals surface area contributed by atoms with Gasteiger partial charge in [-0.2, -0.15) is 18.3 Å². The number of fused-ring (bicyclic) bond motifs is 1. The molecule has 0 aliphatic heterocycles. The smallest absolute Gasteiger partial charge is 0.419 e. The minimum atomic E-state index is -4.64. The second kappa shape index (κ2) is 10.5. The number of nitrogens with one attached hydrogen (secondary N) is 1. The van der Waals surface area contributed by atoms with Crippen LogP contribution in [0.3, 0.4) is 0 Å². The number of rotatable bonds is 7. The molecule has 4 heterocycles. The normalized spacial score (nSPS) is 11.9. The molecule has 0 radical (unpaired) electrons. The van der Waals surface area contributed by atoms with E-state index in [1.807, 2.05) is 0 Å². The molecule has 13 heteroatoms. The van der Waals surface area contributed by atoms with Crippen molar-refractivity contribution >= 4 is 17.6 Å². The van der Waals surface area contributed by atoms with E-state index in [4.69, 9.17) is 15.2 Å². The first-order chi connectivity index (χ1) is 17.9. The van der Waals surface area contributed by atoms with Crippen molar-refractivity contribution in [1.82, 2.24) is 29.9 Å². The SMILES string of the molecule is CC(C)(C)OC(=O)NCCCOc1ccc(-c2ccc3ncc(-c4cnc(N)c(C(F)(F)F)c4)n3n2)cn1. The van der Waals surface area contributed by atoms with E-state index >= 15 is 0 Å². The monoisotopic (exact) mass is 529 g/mol. The molecule has 1 amide bonds. The molecule has 0 aliphatic rings. The van der Waals surface area contributed by atoms with E-state index < -0.39 is 29.3 Å². The van der Waals surface area contributed by atoms with Gasteiger partial charge in [-0.15, -0.1) is 0 Å². The van der Waals surface area contributed by atoms with Crippen LogP contribution in [0.1, 0.15) is 32.8 Å². The van der Waals surface area contributed by atoms with Crippen LogP contribution in [0.4, 0.5) is 23.8 Å². The summed E-state index contributed by atoms with van der Waals surface area (Å²) < 4.78 is 52.1. The molecule has 4 aromatic rings. The van der Waals surface area contributed by atoms with Crippen LogP contribution in [0.25, 0.3) is 28.2 Å². The second-order valence-corrected chi connectivity index (χ2v) is 9.30. The molecule has 0 saturated heterocycles. The number of carbonyl (C=O) groups is 1. The molecule has 4 aromatic heterocycles. The number of nitrogens with zero attached hydrogens (tertiary/aromatic N) is 5. The Morgan fingerprint density at radius 2 is 1.79 bits per heavy atom. The van der Waals surface area contributed by atoms with Gasteiger partial charge in [0.05, 0.1) is 29.8 Å². The summed E-state index contributed by atoms with van der Waals surface area (Å²) in [6.45, 7) is 6.09. The van der Waals surface area contributed by atoms with Gasteiger partial charge in [-0.25, -0.2) is 24.3 Å². The number of imidazole rings is 1. The molecule has 0 aliphatic carbocycles. The number of amides is 1. The van der Waals surface area contributed by atoms with Gasteiger partial charge in [-0.05, 0) is 51.5 Å². The Labute approximate surface area is 216 Å². The third-order valence-electron chi connectivity index (χ3n) is 5.15. The quantitative estimate of drug-likeness (QED) is 0.328. The minimum Gasteiger partial charge on any atom is -0.478 e. The zero-order valence-corrected chi connectivity index (χ0v) is 20.9. The number of nitrogens with two attached hydrogens (primary N) is 1. The molecular weight excluding hydrogens is 503 g/mol. The first-order valence-corrected chi connectivity index (χ1v) is 11.6. The summed E-state index contributed by atoms with van der Waals surface area (Å²) in [6, 6.07) is 7.80. The van der Waals surface area contributed by atoms with Crippen LogP contribution in [-0.2, 0) is 10.9 Å². The Bertz CT molecular complexity index is 1430. The van der Waals surface area contributed by atoms with Gasteiger partial charge in [0.1, 0.15) is 11.4 Å². The fourth-order valence-electron chi connectivity index (χ4n) is 3.44. The Morgan fingerprint density at radius 1 is 1.03 bits per heavy atom. The zero-order chi connectivity index (χ0) is 27.5. The third-order valence-corrected chi connectivity index (χ3v) is 5.15. The Hall–Kier alpha value is -4.42. The maximum atomic E-state index is 13.3. The van der Waals surface area contributed by atoms with Crippen molar-refractivity contribution in [1.29, 1.82) is 0 Å². The maximum absolute atomic E-state index is 13.3. The second-order valence-electron chi connectivity index (χ2n) is 9.30. The molecule has 0 bridgehead atoms. The van der Waals surface area contributed by atoms with Crippen molar-refractivity contribution in [2.75, 3.05) is 18.9 Å². The van der Waals surface area contributed by atoms with Gasteiger partial charge >= 0.3 is 12.3 Å². The minimum absolute atomic E-state index is 0.173. The number of hydrogen-bond acceptors (Lipinski definition) is 8. The van der Waals surface area contributed by atoms with Crippen LogP contribution in [0.5, 0.6) is 5.88 Å². The molecule has 0 fully saturated rings. The molecule has 0 saturated carbocycles. The van der Waals surface area contributed by atoms with E-state index in [9.17, 15) is 18.0 Å². The van der Waals surface area contributed by atoms with Crippen molar-refractivity contribution in [3.8, 4) is 28.4 Å². The topological polar surface area (TPSA) is 130 Å². The van der Waals surface area contributed by atoms with Gasteiger partial charge in [0, 0.05) is 36.1 Å². The van der Waals surface area contributed by atoms with Gasteiger partial charge in [-0.3, -0.25) is 0 Å². The lowest BCUT2D eigenvalue weighted by molar-refractivity contribution is -0.137. The molecule has 0 spiro atoms. The van der Waals surface area contributed by atoms with Crippen molar-refractivity contribution in [2.24, 2.45) is 0 Å². The number of anilines is 1. The molecule has 10 nitrogen and oxygen atoms in total. The highest BCUT2D eigenvalue weighted by Gasteiger charge is 2.34. The summed E-state index contributed by atoms with van der Waals surface area (Å²) in [4.78, 5) is 23.9. The number of ether oxygens (including phenoxy) is 2. The number of alkyl halides is 3. The lowest BCUT2D eigenvalue weighted by Crippen LogP contribution is -2.33. The predicted octanol–water partition coefficient (Wildman–Crippen LogP) is 4.75. The Kier molecular flexibility index (Phi) is 7.37. The maximum Gasteiger partial charge on any atom is 0.419 e. The number of pyridine rings is 2. The number of hydrogen-bond donors (Lipinski definition) is 2. The standard InChI is InChI=1S/C25H26F3N7O3/c1-24(2,3)38-23(36)30-9-4-10-37-21-8-5-15(12-32-21)18-6-7-20-31-14-19(35(20)34-18)16-11-17(25(26,27)28)22(29)33-13-16/h5-8,11-14H,4,9-10H2,1-3H3,(H2,29,33)(H,30,36). The van der Waals surface area contributed by atoms with Crippen LogP contribution in [0, 0.1) is 0 Å². The summed E-state index contributed by atoms with van der Waals surface area (Å²) in [5.41, 5.74) is 5.97. The number of carbonyl (C=O) groups excluding carboxylic acids is 1. The lowest BCUT2D eigenvalue weighted by Gasteiger charge is -2.19. The zero-order valence-electron chi connectivity index (χ0n) is 20.9. The average molecular weight is 530 g/mol. The number of nitrogen functional groups attached to an aromatic ring is 1.